The molecule has 15 N–H and O–H groups in total. The van der Waals surface area contributed by atoms with Gasteiger partial charge in [-0.15, -0.1) is 0 Å². The number of benzene rings is 2. The molecule has 24 nitrogen and oxygen atoms in total. The molecule has 7 atom stereocenters. The van der Waals surface area contributed by atoms with E-state index < -0.39 is 125 Å². The Hall–Kier alpha value is -7.09. The fourth-order valence-electron chi connectivity index (χ4n) is 11.4. The minimum Gasteiger partial charge on any atom is -0.497 e. The number of hydrogen-bond acceptors (Lipinski definition) is 14. The van der Waals surface area contributed by atoms with Gasteiger partial charge in [0.25, 0.3) is 0 Å². The van der Waals surface area contributed by atoms with Crippen LogP contribution in [-0.4, -0.2) is 148 Å². The number of aliphatic imine (C=N–C) groups is 1. The summed E-state index contributed by atoms with van der Waals surface area (Å²) in [6.45, 7) is 0.161. The van der Waals surface area contributed by atoms with Crippen LogP contribution in [0.1, 0.15) is 114 Å². The van der Waals surface area contributed by atoms with Gasteiger partial charge in [-0.3, -0.25) is 48.1 Å². The van der Waals surface area contributed by atoms with Gasteiger partial charge in [-0.2, -0.15) is 0 Å². The van der Waals surface area contributed by atoms with Crippen molar-refractivity contribution in [3.63, 3.8) is 0 Å². The van der Waals surface area contributed by atoms with Crippen LogP contribution in [0.3, 0.4) is 0 Å². The van der Waals surface area contributed by atoms with E-state index in [9.17, 15) is 43.5 Å². The van der Waals surface area contributed by atoms with E-state index in [4.69, 9.17) is 27.7 Å². The van der Waals surface area contributed by atoms with Gasteiger partial charge in [-0.05, 0) is 92.9 Å². The Bertz CT molecular complexity index is 2560. The highest BCUT2D eigenvalue weighted by Gasteiger charge is 2.50. The maximum absolute atomic E-state index is 15.1. The molecule has 9 amide bonds. The predicted molar refractivity (Wildman–Crippen MR) is 304 cm³/mol. The predicted octanol–water partition coefficient (Wildman–Crippen LogP) is 0.564. The number of primary amides is 2. The molecule has 26 heteroatoms. The molecule has 4 aliphatic rings. The molecule has 4 fully saturated rings. The number of amides is 9. The monoisotopic (exact) mass is 1160 g/mol. The van der Waals surface area contributed by atoms with E-state index in [0.29, 0.717) is 23.3 Å². The summed E-state index contributed by atoms with van der Waals surface area (Å²) in [5, 5.41) is 26.4. The van der Waals surface area contributed by atoms with Crippen LogP contribution < -0.4 is 59.6 Å². The van der Waals surface area contributed by atoms with Crippen molar-refractivity contribution in [1.29, 1.82) is 0 Å². The van der Waals surface area contributed by atoms with Crippen LogP contribution in [0.4, 0.5) is 0 Å². The van der Waals surface area contributed by atoms with Crippen molar-refractivity contribution in [3.8, 4) is 5.75 Å². The zero-order valence-electron chi connectivity index (χ0n) is 45.7. The van der Waals surface area contributed by atoms with Crippen LogP contribution in [0.25, 0.3) is 0 Å². The Balaban J connectivity index is 1.42. The molecule has 2 aromatic carbocycles. The molecule has 2 saturated carbocycles. The fraction of sp³-hybridized carbons (Fsp3) is 0.582. The first-order chi connectivity index (χ1) is 38.8. The number of hydrogen-bond donors (Lipinski definition) is 11. The minimum absolute atomic E-state index is 0.00326. The topological polar surface area (TPSA) is 392 Å². The molecule has 2 aliphatic heterocycles. The zero-order chi connectivity index (χ0) is 58.6. The van der Waals surface area contributed by atoms with Crippen molar-refractivity contribution in [2.24, 2.45) is 39.8 Å². The van der Waals surface area contributed by atoms with Crippen molar-refractivity contribution < 1.29 is 57.8 Å². The number of nitrogens with zero attached hydrogens (tertiary/aromatic N) is 2. The molecule has 2 heterocycles. The van der Waals surface area contributed by atoms with Gasteiger partial charge in [0.05, 0.1) is 13.5 Å². The Kier molecular flexibility index (Phi) is 23.9. The van der Waals surface area contributed by atoms with Crippen molar-refractivity contribution >= 4 is 86.7 Å². The highest BCUT2D eigenvalue weighted by molar-refractivity contribution is 8.77. The van der Waals surface area contributed by atoms with Crippen LogP contribution in [0.5, 0.6) is 5.75 Å². The third-order valence-electron chi connectivity index (χ3n) is 15.5. The molecule has 0 spiro atoms. The molecule has 0 bridgehead atoms. The smallest absolute Gasteiger partial charge is 0.326 e. The number of nitrogens with one attached hydrogen (secondary N) is 6. The molecule has 442 valence electrons. The van der Waals surface area contributed by atoms with Crippen molar-refractivity contribution in [1.82, 2.24) is 36.8 Å². The molecule has 2 aliphatic carbocycles. The largest absolute Gasteiger partial charge is 0.497 e. The third-order valence-corrected chi connectivity index (χ3v) is 18.9. The van der Waals surface area contributed by atoms with Crippen LogP contribution in [0, 0.1) is 11.8 Å². The summed E-state index contributed by atoms with van der Waals surface area (Å²) in [6, 6.07) is 5.81. The van der Waals surface area contributed by atoms with Crippen molar-refractivity contribution in [2.75, 3.05) is 26.0 Å². The fourth-order valence-corrected chi connectivity index (χ4v) is 15.2. The van der Waals surface area contributed by atoms with Gasteiger partial charge in [0.15, 0.2) is 5.96 Å². The second kappa shape index (κ2) is 30.6. The number of aliphatic carboxylic acids is 1. The molecule has 2 aromatic rings. The summed E-state index contributed by atoms with van der Waals surface area (Å²) in [5.41, 5.74) is 23.3. The molecule has 0 unspecified atom stereocenters. The maximum atomic E-state index is 15.1. The van der Waals surface area contributed by atoms with E-state index in [2.05, 4.69) is 36.9 Å². The normalized spacial score (nSPS) is 24.1. The number of rotatable bonds is 20. The Morgan fingerprint density at radius 1 is 0.728 bits per heavy atom. The van der Waals surface area contributed by atoms with E-state index in [1.165, 1.54) is 33.6 Å². The first-order valence-corrected chi connectivity index (χ1v) is 30.0. The molecule has 2 saturated heterocycles. The standard InChI is InChI=1S/C55H78N12O12S2/c1-79-36-21-19-33(20-22-36)28-39-48(72)64-40(27-32-11-3-2-4-12-32)49(73)62-37(23-24-44(56)68)47(71)65-41(29-45(57)69)50(74)66-42(31-80-81-55(30-46(70)61-39,34-13-5-6-14-34)35-15-7-8-16-35)52(76)67-26-10-18-43(67)51(75)63-38(53(77)78)17-9-25-60-54(58)59/h2-4,11-12,19-22,34-35,37-43H,5-10,13-18,23-31H2,1H3,(H2,56,68)(H2,57,69)(H,61,70)(H,62,73)(H,63,75)(H,64,72)(H,65,71)(H,66,74)(H,77,78)(H4,58,59,60)/t37-,38+,39-,40+,41+,42+,43-/m1/s1. The lowest BCUT2D eigenvalue weighted by molar-refractivity contribution is -0.145. The van der Waals surface area contributed by atoms with Crippen molar-refractivity contribution in [3.05, 3.63) is 65.7 Å². The van der Waals surface area contributed by atoms with Gasteiger partial charge < -0.3 is 69.6 Å². The Morgan fingerprint density at radius 2 is 1.30 bits per heavy atom. The molecule has 0 aromatic heterocycles. The average molecular weight is 1160 g/mol. The SMILES string of the molecule is COc1ccc(C[C@H]2NC(=O)CC(C3CCCC3)(C3CCCC3)SSC[C@@H](C(=O)N3CCC[C@@H]3C(=O)N[C@@H](CCCN=C(N)N)C(=O)O)NC(=O)[C@H](CC(N)=O)NC(=O)[C@@H](CCC(N)=O)NC(=O)[C@H](Cc3ccccc3)NC2=O)cc1. The highest BCUT2D eigenvalue weighted by atomic mass is 33.1. The number of nitrogens with two attached hydrogens (primary N) is 4. The van der Waals surface area contributed by atoms with Gasteiger partial charge in [-0.25, -0.2) is 4.79 Å². The summed E-state index contributed by atoms with van der Waals surface area (Å²) in [4.78, 5) is 145. The quantitative estimate of drug-likeness (QED) is 0.0374. The number of ether oxygens (including phenoxy) is 1. The van der Waals surface area contributed by atoms with Gasteiger partial charge in [0.2, 0.25) is 53.2 Å². The molecule has 6 rings (SSSR count). The number of carboxylic acid groups (broad SMARTS) is 1. The second-order valence-electron chi connectivity index (χ2n) is 21.3. The lowest BCUT2D eigenvalue weighted by Gasteiger charge is -2.43. The maximum Gasteiger partial charge on any atom is 0.326 e. The van der Waals surface area contributed by atoms with Crippen molar-refractivity contribution in [2.45, 2.75) is 163 Å². The minimum atomic E-state index is -1.76. The van der Waals surface area contributed by atoms with Gasteiger partial charge >= 0.3 is 5.97 Å². The number of carbonyl (C=O) groups is 10. The van der Waals surface area contributed by atoms with E-state index in [1.807, 2.05) is 0 Å². The van der Waals surface area contributed by atoms with Gasteiger partial charge in [-0.1, -0.05) is 89.7 Å². The van der Waals surface area contributed by atoms with Crippen LogP contribution in [0.15, 0.2) is 59.6 Å². The Morgan fingerprint density at radius 3 is 1.88 bits per heavy atom. The molecular formula is C55H78N12O12S2. The summed E-state index contributed by atoms with van der Waals surface area (Å²) in [7, 11) is 4.24. The first-order valence-electron chi connectivity index (χ1n) is 27.7. The van der Waals surface area contributed by atoms with E-state index >= 15 is 9.59 Å². The summed E-state index contributed by atoms with van der Waals surface area (Å²) in [5.74, 6) is -8.39. The Labute approximate surface area is 479 Å². The number of guanidine groups is 1. The van der Waals surface area contributed by atoms with Gasteiger partial charge in [0, 0.05) is 49.3 Å². The van der Waals surface area contributed by atoms with Crippen LogP contribution in [-0.2, 0) is 60.8 Å². The number of carboxylic acids is 1. The summed E-state index contributed by atoms with van der Waals surface area (Å²) < 4.78 is 4.63. The number of likely N-dealkylation sites (tertiary alicyclic amines) is 1. The molecule has 81 heavy (non-hydrogen) atoms. The lowest BCUT2D eigenvalue weighted by Crippen LogP contribution is -2.61. The third kappa shape index (κ3) is 18.5. The first kappa shape index (κ1) is 63.1. The number of carbonyl (C=O) groups excluding carboxylic acids is 9. The zero-order valence-corrected chi connectivity index (χ0v) is 47.3. The molecule has 0 radical (unpaired) electrons. The van der Waals surface area contributed by atoms with Gasteiger partial charge in [0.1, 0.15) is 48.0 Å². The second-order valence-corrected chi connectivity index (χ2v) is 24.0. The number of methoxy groups -OCH3 is 1. The van der Waals surface area contributed by atoms with E-state index in [0.717, 1.165) is 51.4 Å². The molecular weight excluding hydrogens is 1080 g/mol. The lowest BCUT2D eigenvalue weighted by atomic mass is 9.76. The van der Waals surface area contributed by atoms with Crippen LogP contribution in [0.2, 0.25) is 0 Å². The van der Waals surface area contributed by atoms with E-state index in [1.54, 1.807) is 54.6 Å². The highest BCUT2D eigenvalue weighted by Crippen LogP contribution is 2.57. The summed E-state index contributed by atoms with van der Waals surface area (Å²) >= 11 is 0. The summed E-state index contributed by atoms with van der Waals surface area (Å²) in [6.07, 6.45) is 5.91. The van der Waals surface area contributed by atoms with E-state index in [-0.39, 0.29) is 75.2 Å². The van der Waals surface area contributed by atoms with Crippen LogP contribution >= 0.6 is 21.6 Å². The average Bonchev–Trinajstić information content (AvgIpc) is 4.48.